The van der Waals surface area contributed by atoms with E-state index >= 15 is 0 Å². The second-order valence-corrected chi connectivity index (χ2v) is 7.42. The standard InChI is InChI=1S/C22H27FN2O2.ClH/c23-17-9-7-16(8-10-17)14-27-19-4-1-3-18(13-19)25-21-6-2-5-20(21)22-15-26-12-11-24-22;/h1,3-4,7-10,13,20-22,24-25H,2,5-6,11-12,14-15H2;1H. The normalized spacial score (nSPS) is 24.4. The summed E-state index contributed by atoms with van der Waals surface area (Å²) in [5.74, 6) is 1.18. The molecule has 28 heavy (non-hydrogen) atoms. The Bertz CT molecular complexity index is 738. The van der Waals surface area contributed by atoms with E-state index in [1.807, 2.05) is 18.2 Å². The second-order valence-electron chi connectivity index (χ2n) is 7.42. The van der Waals surface area contributed by atoms with Gasteiger partial charge in [-0.25, -0.2) is 4.39 Å². The molecule has 0 amide bonds. The third-order valence-corrected chi connectivity index (χ3v) is 5.54. The zero-order chi connectivity index (χ0) is 18.5. The van der Waals surface area contributed by atoms with E-state index in [0.717, 1.165) is 36.8 Å². The summed E-state index contributed by atoms with van der Waals surface area (Å²) in [6.07, 6.45) is 3.67. The molecule has 0 spiro atoms. The molecule has 1 saturated heterocycles. The van der Waals surface area contributed by atoms with E-state index in [0.29, 0.717) is 24.6 Å². The van der Waals surface area contributed by atoms with Crippen LogP contribution in [0.15, 0.2) is 48.5 Å². The van der Waals surface area contributed by atoms with E-state index in [1.54, 1.807) is 12.1 Å². The molecule has 1 heterocycles. The predicted octanol–water partition coefficient (Wildman–Crippen LogP) is 4.40. The third kappa shape index (κ3) is 5.37. The van der Waals surface area contributed by atoms with E-state index < -0.39 is 0 Å². The number of rotatable bonds is 6. The van der Waals surface area contributed by atoms with Gasteiger partial charge in [-0.05, 0) is 48.6 Å². The summed E-state index contributed by atoms with van der Waals surface area (Å²) in [5.41, 5.74) is 2.04. The van der Waals surface area contributed by atoms with Gasteiger partial charge in [-0.3, -0.25) is 0 Å². The molecule has 2 N–H and O–H groups in total. The molecule has 4 nitrogen and oxygen atoms in total. The SMILES string of the molecule is Cl.Fc1ccc(COc2cccc(NC3CCCC3C3COCCN3)c2)cc1. The van der Waals surface area contributed by atoms with Gasteiger partial charge in [-0.15, -0.1) is 12.4 Å². The molecular weight excluding hydrogens is 379 g/mol. The van der Waals surface area contributed by atoms with Crippen LogP contribution in [-0.2, 0) is 11.3 Å². The molecule has 3 unspecified atom stereocenters. The molecule has 2 aliphatic rings. The lowest BCUT2D eigenvalue weighted by Gasteiger charge is -2.33. The molecule has 2 aromatic carbocycles. The molecular formula is C22H28ClFN2O2. The van der Waals surface area contributed by atoms with Gasteiger partial charge < -0.3 is 20.1 Å². The number of morpholine rings is 1. The van der Waals surface area contributed by atoms with Crippen LogP contribution in [0.2, 0.25) is 0 Å². The van der Waals surface area contributed by atoms with Gasteiger partial charge in [0.15, 0.2) is 0 Å². The minimum Gasteiger partial charge on any atom is -0.489 e. The van der Waals surface area contributed by atoms with Gasteiger partial charge >= 0.3 is 0 Å². The highest BCUT2D eigenvalue weighted by molar-refractivity contribution is 5.85. The Morgan fingerprint density at radius 1 is 1.14 bits per heavy atom. The van der Waals surface area contributed by atoms with Crippen LogP contribution < -0.4 is 15.4 Å². The lowest BCUT2D eigenvalue weighted by Crippen LogP contribution is -2.49. The zero-order valence-electron chi connectivity index (χ0n) is 15.9. The average molecular weight is 407 g/mol. The molecule has 152 valence electrons. The minimum absolute atomic E-state index is 0. The number of nitrogens with one attached hydrogen (secondary N) is 2. The minimum atomic E-state index is -0.228. The van der Waals surface area contributed by atoms with Gasteiger partial charge in [0.2, 0.25) is 0 Å². The Morgan fingerprint density at radius 2 is 2.00 bits per heavy atom. The maximum atomic E-state index is 13.0. The second kappa shape index (κ2) is 10.1. The summed E-state index contributed by atoms with van der Waals surface area (Å²) < 4.78 is 24.5. The van der Waals surface area contributed by atoms with Gasteiger partial charge in [0, 0.05) is 30.4 Å². The first-order valence-corrected chi connectivity index (χ1v) is 9.83. The third-order valence-electron chi connectivity index (χ3n) is 5.54. The summed E-state index contributed by atoms with van der Waals surface area (Å²) >= 11 is 0. The molecule has 2 aromatic rings. The number of hydrogen-bond donors (Lipinski definition) is 2. The van der Waals surface area contributed by atoms with Crippen LogP contribution in [0.1, 0.15) is 24.8 Å². The predicted molar refractivity (Wildman–Crippen MR) is 112 cm³/mol. The van der Waals surface area contributed by atoms with E-state index in [1.165, 1.54) is 31.4 Å². The topological polar surface area (TPSA) is 42.5 Å². The van der Waals surface area contributed by atoms with Crippen molar-refractivity contribution in [3.8, 4) is 5.75 Å². The molecule has 3 atom stereocenters. The van der Waals surface area contributed by atoms with Crippen LogP contribution in [0, 0.1) is 11.7 Å². The summed E-state index contributed by atoms with van der Waals surface area (Å²) in [6.45, 7) is 3.00. The lowest BCUT2D eigenvalue weighted by atomic mass is 9.94. The van der Waals surface area contributed by atoms with E-state index in [4.69, 9.17) is 9.47 Å². The Balaban J connectivity index is 0.00000225. The molecule has 0 aromatic heterocycles. The van der Waals surface area contributed by atoms with Crippen molar-refractivity contribution in [3.05, 3.63) is 59.9 Å². The number of ether oxygens (including phenoxy) is 2. The fourth-order valence-electron chi connectivity index (χ4n) is 4.15. The first kappa shape index (κ1) is 20.9. The van der Waals surface area contributed by atoms with Crippen molar-refractivity contribution in [2.45, 2.75) is 38.0 Å². The van der Waals surface area contributed by atoms with Crippen LogP contribution >= 0.6 is 12.4 Å². The monoisotopic (exact) mass is 406 g/mol. The average Bonchev–Trinajstić information content (AvgIpc) is 3.17. The Kier molecular flexibility index (Phi) is 7.54. The number of benzene rings is 2. The number of anilines is 1. The van der Waals surface area contributed by atoms with Gasteiger partial charge in [0.25, 0.3) is 0 Å². The highest BCUT2D eigenvalue weighted by Crippen LogP contribution is 2.32. The van der Waals surface area contributed by atoms with Crippen molar-refractivity contribution in [2.75, 3.05) is 25.1 Å². The zero-order valence-corrected chi connectivity index (χ0v) is 16.7. The molecule has 0 bridgehead atoms. The van der Waals surface area contributed by atoms with Gasteiger partial charge in [0.1, 0.15) is 18.2 Å². The smallest absolute Gasteiger partial charge is 0.123 e. The highest BCUT2D eigenvalue weighted by atomic mass is 35.5. The summed E-state index contributed by atoms with van der Waals surface area (Å²) in [7, 11) is 0. The van der Waals surface area contributed by atoms with Crippen molar-refractivity contribution >= 4 is 18.1 Å². The Morgan fingerprint density at radius 3 is 2.79 bits per heavy atom. The fraction of sp³-hybridized carbons (Fsp3) is 0.455. The first-order chi connectivity index (χ1) is 13.3. The maximum absolute atomic E-state index is 13.0. The van der Waals surface area contributed by atoms with Crippen molar-refractivity contribution in [1.29, 1.82) is 0 Å². The van der Waals surface area contributed by atoms with E-state index in [2.05, 4.69) is 16.7 Å². The highest BCUT2D eigenvalue weighted by Gasteiger charge is 2.34. The van der Waals surface area contributed by atoms with Crippen molar-refractivity contribution in [1.82, 2.24) is 5.32 Å². The molecule has 0 radical (unpaired) electrons. The van der Waals surface area contributed by atoms with Crippen molar-refractivity contribution in [2.24, 2.45) is 5.92 Å². The molecule has 2 fully saturated rings. The molecule has 1 aliphatic carbocycles. The van der Waals surface area contributed by atoms with E-state index in [9.17, 15) is 4.39 Å². The quantitative estimate of drug-likeness (QED) is 0.746. The van der Waals surface area contributed by atoms with Crippen molar-refractivity contribution in [3.63, 3.8) is 0 Å². The van der Waals surface area contributed by atoms with Crippen LogP contribution in [-0.4, -0.2) is 31.8 Å². The van der Waals surface area contributed by atoms with Crippen LogP contribution in [0.5, 0.6) is 5.75 Å². The summed E-state index contributed by atoms with van der Waals surface area (Å²) in [5, 5.41) is 7.32. The van der Waals surface area contributed by atoms with Crippen LogP contribution in [0.3, 0.4) is 0 Å². The summed E-state index contributed by atoms with van der Waals surface area (Å²) in [6, 6.07) is 15.4. The summed E-state index contributed by atoms with van der Waals surface area (Å²) in [4.78, 5) is 0. The maximum Gasteiger partial charge on any atom is 0.123 e. The van der Waals surface area contributed by atoms with Crippen molar-refractivity contribution < 1.29 is 13.9 Å². The largest absolute Gasteiger partial charge is 0.489 e. The first-order valence-electron chi connectivity index (χ1n) is 9.83. The lowest BCUT2D eigenvalue weighted by molar-refractivity contribution is 0.0559. The number of halogens is 2. The van der Waals surface area contributed by atoms with Gasteiger partial charge in [-0.1, -0.05) is 24.6 Å². The molecule has 6 heteroatoms. The van der Waals surface area contributed by atoms with Gasteiger partial charge in [0.05, 0.1) is 13.2 Å². The number of hydrogen-bond acceptors (Lipinski definition) is 4. The Labute approximate surface area is 172 Å². The van der Waals surface area contributed by atoms with Gasteiger partial charge in [-0.2, -0.15) is 0 Å². The van der Waals surface area contributed by atoms with E-state index in [-0.39, 0.29) is 18.2 Å². The Hall–Kier alpha value is -1.82. The molecule has 1 aliphatic heterocycles. The van der Waals surface area contributed by atoms with Crippen LogP contribution in [0.25, 0.3) is 0 Å². The fourth-order valence-corrected chi connectivity index (χ4v) is 4.15. The van der Waals surface area contributed by atoms with Crippen LogP contribution in [0.4, 0.5) is 10.1 Å². The molecule has 4 rings (SSSR count). The molecule has 1 saturated carbocycles.